The van der Waals surface area contributed by atoms with Crippen LogP contribution < -0.4 is 16.0 Å². The van der Waals surface area contributed by atoms with E-state index in [1.165, 1.54) is 19.3 Å². The number of guanidine groups is 1. The van der Waals surface area contributed by atoms with Gasteiger partial charge in [0.25, 0.3) is 0 Å². The number of halogens is 1. The molecule has 1 saturated carbocycles. The molecule has 0 aromatic rings. The number of rotatable bonds is 6. The minimum Gasteiger partial charge on any atom is -0.355 e. The summed E-state index contributed by atoms with van der Waals surface area (Å²) in [4.78, 5) is 16.1. The third kappa shape index (κ3) is 9.07. The Morgan fingerprint density at radius 1 is 1.23 bits per heavy atom. The van der Waals surface area contributed by atoms with Crippen LogP contribution in [0.4, 0.5) is 0 Å². The highest BCUT2D eigenvalue weighted by Gasteiger charge is 2.17. The highest BCUT2D eigenvalue weighted by atomic mass is 127. The molecule has 130 valence electrons. The van der Waals surface area contributed by atoms with Crippen LogP contribution in [-0.4, -0.2) is 49.0 Å². The van der Waals surface area contributed by atoms with E-state index >= 15 is 0 Å². The quantitative estimate of drug-likeness (QED) is 0.336. The largest absolute Gasteiger partial charge is 0.355 e. The first-order valence-corrected chi connectivity index (χ1v) is 8.98. The van der Waals surface area contributed by atoms with Crippen LogP contribution in [0.2, 0.25) is 0 Å². The van der Waals surface area contributed by atoms with Gasteiger partial charge < -0.3 is 16.0 Å². The topological polar surface area (TPSA) is 65.5 Å². The minimum absolute atomic E-state index is 0. The minimum atomic E-state index is 0. The number of aliphatic imine (C=N–C) groups is 1. The molecule has 1 amide bonds. The van der Waals surface area contributed by atoms with Gasteiger partial charge in [0.1, 0.15) is 0 Å². The molecule has 1 rings (SSSR count). The SMILES string of the molecule is CN=C(NCC(=O)NC1CCCCC1)NCC(C)(C)SC.I. The average molecular weight is 442 g/mol. The zero-order valence-electron chi connectivity index (χ0n) is 14.2. The van der Waals surface area contributed by atoms with E-state index in [0.717, 1.165) is 19.4 Å². The highest BCUT2D eigenvalue weighted by molar-refractivity contribution is 14.0. The molecule has 1 fully saturated rings. The first kappa shape index (κ1) is 21.8. The molecule has 0 aliphatic heterocycles. The monoisotopic (exact) mass is 442 g/mol. The Morgan fingerprint density at radius 2 is 1.86 bits per heavy atom. The van der Waals surface area contributed by atoms with Crippen molar-refractivity contribution in [2.75, 3.05) is 26.4 Å². The van der Waals surface area contributed by atoms with Crippen LogP contribution in [0, 0.1) is 0 Å². The standard InChI is InChI=1S/C15H30N4OS.HI/c1-15(2,21-4)11-18-14(16-3)17-10-13(20)19-12-8-6-5-7-9-12;/h12H,5-11H2,1-4H3,(H,19,20)(H2,16,17,18);1H. The number of carbonyl (C=O) groups excluding carboxylic acids is 1. The lowest BCUT2D eigenvalue weighted by Gasteiger charge is -2.24. The Morgan fingerprint density at radius 3 is 2.41 bits per heavy atom. The van der Waals surface area contributed by atoms with Crippen molar-refractivity contribution < 1.29 is 4.79 Å². The number of carbonyl (C=O) groups is 1. The smallest absolute Gasteiger partial charge is 0.239 e. The van der Waals surface area contributed by atoms with Crippen LogP contribution in [0.1, 0.15) is 46.0 Å². The summed E-state index contributed by atoms with van der Waals surface area (Å²) in [5, 5.41) is 9.42. The molecule has 0 atom stereocenters. The number of nitrogens with zero attached hydrogens (tertiary/aromatic N) is 1. The van der Waals surface area contributed by atoms with Gasteiger partial charge in [0.05, 0.1) is 6.54 Å². The third-order valence-electron chi connectivity index (χ3n) is 3.84. The van der Waals surface area contributed by atoms with Gasteiger partial charge in [-0.25, -0.2) is 0 Å². The van der Waals surface area contributed by atoms with E-state index < -0.39 is 0 Å². The Kier molecular flexibility index (Phi) is 11.3. The van der Waals surface area contributed by atoms with Gasteiger partial charge >= 0.3 is 0 Å². The third-order valence-corrected chi connectivity index (χ3v) is 5.09. The number of thioether (sulfide) groups is 1. The van der Waals surface area contributed by atoms with E-state index in [2.05, 4.69) is 41.0 Å². The van der Waals surface area contributed by atoms with Crippen molar-refractivity contribution in [1.82, 2.24) is 16.0 Å². The van der Waals surface area contributed by atoms with Crippen molar-refractivity contribution in [3.05, 3.63) is 0 Å². The van der Waals surface area contributed by atoms with Crippen LogP contribution >= 0.6 is 35.7 Å². The van der Waals surface area contributed by atoms with Gasteiger partial charge in [0.15, 0.2) is 5.96 Å². The number of nitrogens with one attached hydrogen (secondary N) is 3. The van der Waals surface area contributed by atoms with Crippen LogP contribution in [-0.2, 0) is 4.79 Å². The molecule has 7 heteroatoms. The fourth-order valence-corrected chi connectivity index (χ4v) is 2.50. The van der Waals surface area contributed by atoms with E-state index in [9.17, 15) is 4.79 Å². The van der Waals surface area contributed by atoms with Gasteiger partial charge in [0.2, 0.25) is 5.91 Å². The molecule has 0 spiro atoms. The summed E-state index contributed by atoms with van der Waals surface area (Å²) in [7, 11) is 1.72. The molecule has 0 aromatic carbocycles. The van der Waals surface area contributed by atoms with Gasteiger partial charge in [-0.05, 0) is 32.9 Å². The predicted octanol–water partition coefficient (Wildman–Crippen LogP) is 2.36. The fraction of sp³-hybridized carbons (Fsp3) is 0.867. The molecule has 0 heterocycles. The molecule has 3 N–H and O–H groups in total. The Balaban J connectivity index is 0.00000441. The second kappa shape index (κ2) is 11.4. The summed E-state index contributed by atoms with van der Waals surface area (Å²) in [6.45, 7) is 5.43. The Hall–Kier alpha value is -0.180. The second-order valence-corrected chi connectivity index (χ2v) is 7.66. The highest BCUT2D eigenvalue weighted by Crippen LogP contribution is 2.19. The lowest BCUT2D eigenvalue weighted by molar-refractivity contribution is -0.120. The van der Waals surface area contributed by atoms with Gasteiger partial charge in [-0.15, -0.1) is 24.0 Å². The molecule has 22 heavy (non-hydrogen) atoms. The Bertz CT molecular complexity index is 357. The summed E-state index contributed by atoms with van der Waals surface area (Å²) < 4.78 is 0.141. The maximum Gasteiger partial charge on any atom is 0.239 e. The normalized spacial score (nSPS) is 16.6. The van der Waals surface area contributed by atoms with Crippen molar-refractivity contribution >= 4 is 47.6 Å². The summed E-state index contributed by atoms with van der Waals surface area (Å²) >= 11 is 1.80. The molecule has 0 bridgehead atoms. The molecule has 0 saturated heterocycles. The summed E-state index contributed by atoms with van der Waals surface area (Å²) in [5.74, 6) is 0.727. The van der Waals surface area contributed by atoms with Crippen LogP contribution in [0.5, 0.6) is 0 Å². The van der Waals surface area contributed by atoms with E-state index in [1.807, 2.05) is 0 Å². The number of hydrogen-bond acceptors (Lipinski definition) is 3. The molecule has 0 radical (unpaired) electrons. The zero-order chi connectivity index (χ0) is 15.7. The molecule has 1 aliphatic carbocycles. The van der Waals surface area contributed by atoms with Crippen LogP contribution in [0.3, 0.4) is 0 Å². The number of amides is 1. The summed E-state index contributed by atoms with van der Waals surface area (Å²) in [6, 6.07) is 0.360. The van der Waals surface area contributed by atoms with Gasteiger partial charge in [-0.1, -0.05) is 19.3 Å². The lowest BCUT2D eigenvalue weighted by atomic mass is 9.95. The van der Waals surface area contributed by atoms with E-state index in [4.69, 9.17) is 0 Å². The van der Waals surface area contributed by atoms with E-state index in [0.29, 0.717) is 12.0 Å². The first-order chi connectivity index (χ1) is 9.96. The first-order valence-electron chi connectivity index (χ1n) is 7.76. The van der Waals surface area contributed by atoms with Gasteiger partial charge in [0, 0.05) is 24.4 Å². The second-order valence-electron chi connectivity index (χ2n) is 6.15. The molecular formula is C15H31IN4OS. The maximum atomic E-state index is 11.9. The molecular weight excluding hydrogens is 411 g/mol. The van der Waals surface area contributed by atoms with Crippen molar-refractivity contribution in [2.45, 2.75) is 56.7 Å². The van der Waals surface area contributed by atoms with Crippen LogP contribution in [0.25, 0.3) is 0 Å². The fourth-order valence-electron chi connectivity index (χ4n) is 2.28. The van der Waals surface area contributed by atoms with Crippen LogP contribution in [0.15, 0.2) is 4.99 Å². The summed E-state index contributed by atoms with van der Waals surface area (Å²) in [6.07, 6.45) is 8.07. The molecule has 1 aliphatic rings. The average Bonchev–Trinajstić information content (AvgIpc) is 2.48. The van der Waals surface area contributed by atoms with Gasteiger partial charge in [-0.3, -0.25) is 9.79 Å². The molecule has 5 nitrogen and oxygen atoms in total. The maximum absolute atomic E-state index is 11.9. The van der Waals surface area contributed by atoms with E-state index in [-0.39, 0.29) is 41.2 Å². The zero-order valence-corrected chi connectivity index (χ0v) is 17.3. The lowest BCUT2D eigenvalue weighted by Crippen LogP contribution is -2.48. The van der Waals surface area contributed by atoms with Crippen molar-refractivity contribution in [1.29, 1.82) is 0 Å². The van der Waals surface area contributed by atoms with E-state index in [1.54, 1.807) is 18.8 Å². The summed E-state index contributed by atoms with van der Waals surface area (Å²) in [5.41, 5.74) is 0. The van der Waals surface area contributed by atoms with Crippen molar-refractivity contribution in [2.24, 2.45) is 4.99 Å². The molecule has 0 aromatic heterocycles. The predicted molar refractivity (Wildman–Crippen MR) is 107 cm³/mol. The Labute approximate surface area is 156 Å². The number of hydrogen-bond donors (Lipinski definition) is 3. The van der Waals surface area contributed by atoms with Crippen molar-refractivity contribution in [3.8, 4) is 0 Å². The van der Waals surface area contributed by atoms with Crippen molar-refractivity contribution in [3.63, 3.8) is 0 Å². The van der Waals surface area contributed by atoms with Gasteiger partial charge in [-0.2, -0.15) is 11.8 Å². The molecule has 0 unspecified atom stereocenters.